The molecule has 1 heterocycles. The molecule has 240 valence electrons. The van der Waals surface area contributed by atoms with Gasteiger partial charge in [0.25, 0.3) is 11.8 Å². The van der Waals surface area contributed by atoms with Gasteiger partial charge in [-0.2, -0.15) is 0 Å². The first-order valence-corrected chi connectivity index (χ1v) is 15.3. The zero-order valence-electron chi connectivity index (χ0n) is 27.1. The summed E-state index contributed by atoms with van der Waals surface area (Å²) in [5.41, 5.74) is 10.2. The Hall–Kier alpha value is -5.09. The molecule has 10 heteroatoms. The van der Waals surface area contributed by atoms with Gasteiger partial charge >= 0.3 is 0 Å². The molecule has 46 heavy (non-hydrogen) atoms. The number of methoxy groups -OCH3 is 2. The zero-order chi connectivity index (χ0) is 33.1. The second-order valence-corrected chi connectivity index (χ2v) is 12.1. The van der Waals surface area contributed by atoms with Crippen LogP contribution < -0.4 is 25.8 Å². The lowest BCUT2D eigenvalue weighted by Gasteiger charge is -2.34. The zero-order valence-corrected chi connectivity index (χ0v) is 27.1. The molecule has 1 aliphatic rings. The number of carbonyl (C=O) groups is 3. The minimum Gasteiger partial charge on any atom is -0.495 e. The number of amides is 3. The molecule has 0 bridgehead atoms. The summed E-state index contributed by atoms with van der Waals surface area (Å²) in [6.45, 7) is 5.44. The lowest BCUT2D eigenvalue weighted by molar-refractivity contribution is -0.120. The fourth-order valence-electron chi connectivity index (χ4n) is 5.82. The second kappa shape index (κ2) is 13.5. The Bertz CT molecular complexity index is 1780. The van der Waals surface area contributed by atoms with Crippen LogP contribution in [0.4, 0.5) is 17.1 Å². The van der Waals surface area contributed by atoms with Crippen LogP contribution in [0.15, 0.2) is 66.7 Å². The molecule has 10 nitrogen and oxygen atoms in total. The van der Waals surface area contributed by atoms with Crippen LogP contribution in [0, 0.1) is 5.92 Å². The molecule has 4 aromatic rings. The topological polar surface area (TPSA) is 126 Å². The van der Waals surface area contributed by atoms with Gasteiger partial charge in [0.1, 0.15) is 17.5 Å². The van der Waals surface area contributed by atoms with Gasteiger partial charge in [-0.3, -0.25) is 19.3 Å². The van der Waals surface area contributed by atoms with Gasteiger partial charge in [-0.15, -0.1) is 0 Å². The van der Waals surface area contributed by atoms with Gasteiger partial charge < -0.3 is 30.7 Å². The highest BCUT2D eigenvalue weighted by Gasteiger charge is 2.41. The molecule has 4 N–H and O–H groups in total. The van der Waals surface area contributed by atoms with Crippen molar-refractivity contribution in [1.29, 1.82) is 0 Å². The molecule has 0 spiro atoms. The van der Waals surface area contributed by atoms with E-state index >= 15 is 0 Å². The van der Waals surface area contributed by atoms with Crippen LogP contribution in [-0.4, -0.2) is 75.0 Å². The minimum absolute atomic E-state index is 0.0154. The van der Waals surface area contributed by atoms with Crippen LogP contribution in [0.3, 0.4) is 0 Å². The van der Waals surface area contributed by atoms with Crippen molar-refractivity contribution in [2.75, 3.05) is 57.8 Å². The molecule has 1 atom stereocenters. The number of anilines is 3. The van der Waals surface area contributed by atoms with Gasteiger partial charge in [-0.25, -0.2) is 0 Å². The van der Waals surface area contributed by atoms with Crippen molar-refractivity contribution in [3.63, 3.8) is 0 Å². The SMILES string of the molecule is COc1cc(-c2ccc(NC(=O)[C@H](CC(C)C)N3C(=O)c4cccc5c(NCCN(C)C)ccc(c45)C3=O)c(OC)c2)ccc1N. The highest BCUT2D eigenvalue weighted by Crippen LogP contribution is 2.37. The first-order valence-electron chi connectivity index (χ1n) is 15.3. The van der Waals surface area contributed by atoms with Crippen LogP contribution >= 0.6 is 0 Å². The molecule has 0 unspecified atom stereocenters. The van der Waals surface area contributed by atoms with Crippen molar-refractivity contribution in [1.82, 2.24) is 9.80 Å². The molecule has 0 aromatic heterocycles. The van der Waals surface area contributed by atoms with E-state index in [1.165, 1.54) is 7.11 Å². The molecule has 0 saturated heterocycles. The smallest absolute Gasteiger partial charge is 0.262 e. The van der Waals surface area contributed by atoms with Gasteiger partial charge in [-0.1, -0.05) is 38.1 Å². The summed E-state index contributed by atoms with van der Waals surface area (Å²) >= 11 is 0. The number of nitrogen functional groups attached to an aromatic ring is 1. The molecule has 1 aliphatic heterocycles. The van der Waals surface area contributed by atoms with Gasteiger partial charge in [-0.05, 0) is 80.0 Å². The molecule has 0 radical (unpaired) electrons. The minimum atomic E-state index is -1.05. The lowest BCUT2D eigenvalue weighted by atomic mass is 9.90. The van der Waals surface area contributed by atoms with Crippen molar-refractivity contribution in [2.24, 2.45) is 5.92 Å². The Kier molecular flexibility index (Phi) is 9.48. The van der Waals surface area contributed by atoms with E-state index in [0.29, 0.717) is 45.9 Å². The molecule has 5 rings (SSSR count). The summed E-state index contributed by atoms with van der Waals surface area (Å²) in [6.07, 6.45) is 0.282. The summed E-state index contributed by atoms with van der Waals surface area (Å²) in [6, 6.07) is 18.8. The number of hydrogen-bond donors (Lipinski definition) is 3. The third-order valence-electron chi connectivity index (χ3n) is 8.15. The highest BCUT2D eigenvalue weighted by atomic mass is 16.5. The van der Waals surface area contributed by atoms with E-state index in [1.807, 2.05) is 64.3 Å². The number of nitrogens with two attached hydrogens (primary N) is 1. The maximum absolute atomic E-state index is 14.1. The number of carbonyl (C=O) groups excluding carboxylic acids is 3. The molecule has 0 saturated carbocycles. The van der Waals surface area contributed by atoms with Gasteiger partial charge in [0.15, 0.2) is 0 Å². The van der Waals surface area contributed by atoms with Crippen LogP contribution in [0.1, 0.15) is 41.0 Å². The Morgan fingerprint density at radius 2 is 1.50 bits per heavy atom. The first kappa shape index (κ1) is 32.3. The largest absolute Gasteiger partial charge is 0.495 e. The van der Waals surface area contributed by atoms with E-state index in [9.17, 15) is 14.4 Å². The number of likely N-dealkylation sites (N-methyl/N-ethyl adjacent to an activating group) is 1. The summed E-state index contributed by atoms with van der Waals surface area (Å²) in [7, 11) is 7.07. The summed E-state index contributed by atoms with van der Waals surface area (Å²) in [4.78, 5) is 45.3. The normalized spacial score (nSPS) is 13.3. The van der Waals surface area contributed by atoms with Gasteiger partial charge in [0, 0.05) is 40.7 Å². The number of rotatable bonds is 12. The standard InChI is InChI=1S/C36H41N5O5/c1-21(2)18-30(34(42)39-29-14-11-23(20-32(29)46-6)22-10-13-27(37)31(19-22)45-5)41-35(43)25-9-7-8-24-28(38-16-17-40(3)4)15-12-26(33(24)25)36(41)44/h7-15,19-21,30,38H,16-18,37H2,1-6H3,(H,39,42)/t30-/m0/s1. The third kappa shape index (κ3) is 6.34. The highest BCUT2D eigenvalue weighted by molar-refractivity contribution is 6.28. The predicted molar refractivity (Wildman–Crippen MR) is 183 cm³/mol. The van der Waals surface area contributed by atoms with Crippen LogP contribution in [0.25, 0.3) is 21.9 Å². The Balaban J connectivity index is 1.46. The monoisotopic (exact) mass is 623 g/mol. The van der Waals surface area contributed by atoms with Crippen molar-refractivity contribution in [3.8, 4) is 22.6 Å². The molecule has 4 aromatic carbocycles. The average Bonchev–Trinajstić information content (AvgIpc) is 3.03. The van der Waals surface area contributed by atoms with E-state index in [4.69, 9.17) is 15.2 Å². The first-order chi connectivity index (χ1) is 22.0. The van der Waals surface area contributed by atoms with E-state index in [1.54, 1.807) is 37.4 Å². The van der Waals surface area contributed by atoms with Crippen LogP contribution in [0.5, 0.6) is 11.5 Å². The fraction of sp³-hybridized carbons (Fsp3) is 0.306. The Morgan fingerprint density at radius 3 is 2.15 bits per heavy atom. The van der Waals surface area contributed by atoms with Crippen molar-refractivity contribution >= 4 is 45.6 Å². The van der Waals surface area contributed by atoms with Crippen LogP contribution in [-0.2, 0) is 4.79 Å². The number of hydrogen-bond acceptors (Lipinski definition) is 8. The number of benzene rings is 4. The van der Waals surface area contributed by atoms with Crippen LogP contribution in [0.2, 0.25) is 0 Å². The van der Waals surface area contributed by atoms with Crippen molar-refractivity contribution in [2.45, 2.75) is 26.3 Å². The summed E-state index contributed by atoms with van der Waals surface area (Å²) < 4.78 is 11.0. The predicted octanol–water partition coefficient (Wildman–Crippen LogP) is 5.73. The van der Waals surface area contributed by atoms with E-state index in [-0.39, 0.29) is 12.3 Å². The fourth-order valence-corrected chi connectivity index (χ4v) is 5.82. The van der Waals surface area contributed by atoms with Crippen molar-refractivity contribution in [3.05, 3.63) is 77.9 Å². The maximum Gasteiger partial charge on any atom is 0.262 e. The lowest BCUT2D eigenvalue weighted by Crippen LogP contribution is -2.52. The van der Waals surface area contributed by atoms with Gasteiger partial charge in [0.05, 0.1) is 25.6 Å². The Labute approximate surface area is 269 Å². The third-order valence-corrected chi connectivity index (χ3v) is 8.15. The number of imide groups is 1. The molecular weight excluding hydrogens is 582 g/mol. The number of nitrogens with zero attached hydrogens (tertiary/aromatic N) is 2. The van der Waals surface area contributed by atoms with E-state index in [0.717, 1.165) is 33.6 Å². The molecule has 3 amide bonds. The molecular formula is C36H41N5O5. The maximum atomic E-state index is 14.1. The summed E-state index contributed by atoms with van der Waals surface area (Å²) in [5.74, 6) is -0.473. The number of nitrogens with one attached hydrogen (secondary N) is 2. The molecule has 0 aliphatic carbocycles. The average molecular weight is 624 g/mol. The second-order valence-electron chi connectivity index (χ2n) is 12.1. The summed E-state index contributed by atoms with van der Waals surface area (Å²) in [5, 5.41) is 7.76. The Morgan fingerprint density at radius 1 is 0.870 bits per heavy atom. The van der Waals surface area contributed by atoms with E-state index in [2.05, 4.69) is 15.5 Å². The van der Waals surface area contributed by atoms with Gasteiger partial charge in [0.2, 0.25) is 5.91 Å². The molecule has 0 fully saturated rings. The quantitative estimate of drug-likeness (QED) is 0.135. The van der Waals surface area contributed by atoms with E-state index < -0.39 is 23.8 Å². The van der Waals surface area contributed by atoms with Crippen molar-refractivity contribution < 1.29 is 23.9 Å². The number of ether oxygens (including phenoxy) is 2.